The molecule has 0 aliphatic rings. The predicted octanol–water partition coefficient (Wildman–Crippen LogP) is 6.21. The van der Waals surface area contributed by atoms with Crippen LogP contribution in [0.15, 0.2) is 72.9 Å². The number of aliphatic hydroxyl groups is 2. The van der Waals surface area contributed by atoms with Crippen molar-refractivity contribution >= 4 is 19.8 Å². The van der Waals surface area contributed by atoms with Crippen molar-refractivity contribution in [2.75, 3.05) is 26.4 Å². The number of hydrogen-bond acceptors (Lipinski definition) is 9. The van der Waals surface area contributed by atoms with Crippen molar-refractivity contribution < 1.29 is 47.8 Å². The predicted molar refractivity (Wildman–Crippen MR) is 168 cm³/mol. The lowest BCUT2D eigenvalue weighted by Crippen LogP contribution is -2.28. The van der Waals surface area contributed by atoms with Gasteiger partial charge in [0.25, 0.3) is 0 Å². The van der Waals surface area contributed by atoms with E-state index in [4.69, 9.17) is 18.5 Å². The molecule has 0 rings (SSSR count). The standard InChI is InChI=1S/C32H51O10P/c1-3-5-6-7-8-9-10-11-12-13-14-15-16-17-18-19-20-21-22-24-32(36)42-30(26-34)28-40-43(37,38)39-27-29(25-33)41-31(35)23-4-2/h5-6,8-9,11-12,14-15,17-18,20-21,29-30,33-34H,3-4,7,10,13,16,19,22-28H2,1-2H3,(H,37,38)/b6-5-,9-8-,12-11-,15-14-,18-17-,21-20-. The first-order valence-corrected chi connectivity index (χ1v) is 16.4. The van der Waals surface area contributed by atoms with E-state index in [-0.39, 0.29) is 12.8 Å². The number of phosphoric ester groups is 1. The van der Waals surface area contributed by atoms with Gasteiger partial charge in [-0.3, -0.25) is 18.6 Å². The van der Waals surface area contributed by atoms with Gasteiger partial charge < -0.3 is 24.6 Å². The van der Waals surface area contributed by atoms with E-state index < -0.39 is 58.4 Å². The SMILES string of the molecule is CC/C=C\C/C=C\C/C=C\C/C=C\C/C=C\C/C=C\CCC(=O)OC(CO)COP(=O)(O)OCC(CO)OC(=O)CCC. The largest absolute Gasteiger partial charge is 0.472 e. The molecule has 0 fully saturated rings. The molecule has 0 saturated heterocycles. The van der Waals surface area contributed by atoms with E-state index in [1.165, 1.54) is 0 Å². The lowest BCUT2D eigenvalue weighted by molar-refractivity contribution is -0.153. The van der Waals surface area contributed by atoms with Gasteiger partial charge in [-0.2, -0.15) is 0 Å². The van der Waals surface area contributed by atoms with Crippen LogP contribution in [0.25, 0.3) is 0 Å². The summed E-state index contributed by atoms with van der Waals surface area (Å²) in [7, 11) is -4.62. The molecule has 3 atom stereocenters. The van der Waals surface area contributed by atoms with Crippen LogP contribution in [-0.4, -0.2) is 65.7 Å². The van der Waals surface area contributed by atoms with Gasteiger partial charge in [0.1, 0.15) is 12.2 Å². The molecule has 43 heavy (non-hydrogen) atoms. The van der Waals surface area contributed by atoms with E-state index in [2.05, 4.69) is 61.6 Å². The van der Waals surface area contributed by atoms with E-state index >= 15 is 0 Å². The Morgan fingerprint density at radius 3 is 1.37 bits per heavy atom. The molecule has 11 heteroatoms. The van der Waals surface area contributed by atoms with Crippen LogP contribution >= 0.6 is 7.82 Å². The molecule has 0 aliphatic heterocycles. The summed E-state index contributed by atoms with van der Waals surface area (Å²) in [5.41, 5.74) is 0. The zero-order valence-electron chi connectivity index (χ0n) is 25.6. The number of esters is 2. The summed E-state index contributed by atoms with van der Waals surface area (Å²) in [4.78, 5) is 33.3. The second-order valence-corrected chi connectivity index (χ2v) is 10.8. The van der Waals surface area contributed by atoms with Gasteiger partial charge >= 0.3 is 19.8 Å². The topological polar surface area (TPSA) is 149 Å². The van der Waals surface area contributed by atoms with Crippen molar-refractivity contribution in [1.82, 2.24) is 0 Å². The molecule has 3 N–H and O–H groups in total. The molecule has 0 heterocycles. The van der Waals surface area contributed by atoms with Crippen LogP contribution in [0.3, 0.4) is 0 Å². The second-order valence-electron chi connectivity index (χ2n) is 9.35. The zero-order valence-corrected chi connectivity index (χ0v) is 26.5. The monoisotopic (exact) mass is 626 g/mol. The highest BCUT2D eigenvalue weighted by molar-refractivity contribution is 7.47. The molecule has 0 amide bonds. The van der Waals surface area contributed by atoms with Gasteiger partial charge in [0.2, 0.25) is 0 Å². The summed E-state index contributed by atoms with van der Waals surface area (Å²) in [6, 6.07) is 0. The third-order valence-electron chi connectivity index (χ3n) is 5.42. The number of aliphatic hydroxyl groups excluding tert-OH is 2. The summed E-state index contributed by atoms with van der Waals surface area (Å²) in [5, 5.41) is 18.7. The second kappa shape index (κ2) is 28.2. The summed E-state index contributed by atoms with van der Waals surface area (Å²) < 4.78 is 31.6. The van der Waals surface area contributed by atoms with Crippen LogP contribution in [0.5, 0.6) is 0 Å². The fourth-order valence-electron chi connectivity index (χ4n) is 3.17. The summed E-state index contributed by atoms with van der Waals surface area (Å²) in [6.07, 6.45) is 29.5. The number of carbonyl (C=O) groups excluding carboxylic acids is 2. The molecule has 0 aliphatic carbocycles. The van der Waals surface area contributed by atoms with Crippen molar-refractivity contribution in [2.45, 2.75) is 90.3 Å². The molecule has 0 radical (unpaired) electrons. The van der Waals surface area contributed by atoms with Crippen molar-refractivity contribution in [3.05, 3.63) is 72.9 Å². The Morgan fingerprint density at radius 1 is 0.628 bits per heavy atom. The number of allylic oxidation sites excluding steroid dienone is 12. The summed E-state index contributed by atoms with van der Waals surface area (Å²) in [5.74, 6) is -1.17. The molecule has 244 valence electrons. The Hall–Kier alpha value is -2.59. The third kappa shape index (κ3) is 26.7. The van der Waals surface area contributed by atoms with Gasteiger partial charge in [0, 0.05) is 12.8 Å². The first kappa shape index (κ1) is 40.4. The van der Waals surface area contributed by atoms with Crippen LogP contribution in [0.1, 0.15) is 78.1 Å². The third-order valence-corrected chi connectivity index (χ3v) is 6.37. The fraction of sp³-hybridized carbons (Fsp3) is 0.562. The van der Waals surface area contributed by atoms with Gasteiger partial charge in [-0.15, -0.1) is 0 Å². The average molecular weight is 627 g/mol. The van der Waals surface area contributed by atoms with Gasteiger partial charge in [0.05, 0.1) is 26.4 Å². The number of rotatable bonds is 26. The Labute approximate surface area is 257 Å². The van der Waals surface area contributed by atoms with Crippen molar-refractivity contribution in [2.24, 2.45) is 0 Å². The first-order chi connectivity index (χ1) is 20.8. The van der Waals surface area contributed by atoms with Crippen molar-refractivity contribution in [3.8, 4) is 0 Å². The van der Waals surface area contributed by atoms with Crippen LogP contribution in [-0.2, 0) is 32.7 Å². The Kier molecular flexibility index (Phi) is 26.5. The van der Waals surface area contributed by atoms with E-state index in [9.17, 15) is 29.3 Å². The van der Waals surface area contributed by atoms with Gasteiger partial charge in [-0.1, -0.05) is 86.8 Å². The highest BCUT2D eigenvalue weighted by Crippen LogP contribution is 2.43. The Morgan fingerprint density at radius 2 is 1.00 bits per heavy atom. The minimum atomic E-state index is -4.62. The van der Waals surface area contributed by atoms with E-state index in [0.29, 0.717) is 12.8 Å². The highest BCUT2D eigenvalue weighted by atomic mass is 31.2. The molecule has 0 bridgehead atoms. The van der Waals surface area contributed by atoms with Crippen molar-refractivity contribution in [3.63, 3.8) is 0 Å². The lowest BCUT2D eigenvalue weighted by atomic mass is 10.2. The normalized spacial score (nSPS) is 15.4. The van der Waals surface area contributed by atoms with Crippen LogP contribution in [0.4, 0.5) is 0 Å². The molecule has 10 nitrogen and oxygen atoms in total. The quantitative estimate of drug-likeness (QED) is 0.0575. The van der Waals surface area contributed by atoms with Gasteiger partial charge in [0.15, 0.2) is 0 Å². The number of ether oxygens (including phenoxy) is 2. The van der Waals surface area contributed by atoms with Crippen LogP contribution < -0.4 is 0 Å². The number of carbonyl (C=O) groups is 2. The first-order valence-electron chi connectivity index (χ1n) is 14.9. The van der Waals surface area contributed by atoms with Gasteiger partial charge in [-0.05, 0) is 51.4 Å². The van der Waals surface area contributed by atoms with Gasteiger partial charge in [-0.25, -0.2) is 4.57 Å². The molecule has 3 unspecified atom stereocenters. The Bertz CT molecular complexity index is 952. The maximum atomic E-state index is 12.1. The average Bonchev–Trinajstić information content (AvgIpc) is 2.98. The molecular formula is C32H51O10P. The maximum absolute atomic E-state index is 12.1. The molecule has 0 aromatic heterocycles. The van der Waals surface area contributed by atoms with Crippen molar-refractivity contribution in [1.29, 1.82) is 0 Å². The highest BCUT2D eigenvalue weighted by Gasteiger charge is 2.27. The lowest BCUT2D eigenvalue weighted by Gasteiger charge is -2.20. The van der Waals surface area contributed by atoms with Crippen LogP contribution in [0, 0.1) is 0 Å². The molecular weight excluding hydrogens is 575 g/mol. The maximum Gasteiger partial charge on any atom is 0.472 e. The molecule has 0 saturated carbocycles. The smallest absolute Gasteiger partial charge is 0.457 e. The summed E-state index contributed by atoms with van der Waals surface area (Å²) >= 11 is 0. The molecule has 0 aromatic rings. The van der Waals surface area contributed by atoms with E-state index in [0.717, 1.165) is 38.5 Å². The molecule has 0 aromatic carbocycles. The number of hydrogen-bond donors (Lipinski definition) is 3. The fourth-order valence-corrected chi connectivity index (χ4v) is 3.96. The van der Waals surface area contributed by atoms with Crippen LogP contribution in [0.2, 0.25) is 0 Å². The van der Waals surface area contributed by atoms with E-state index in [1.54, 1.807) is 6.92 Å². The number of phosphoric acid groups is 1. The molecule has 0 spiro atoms. The van der Waals surface area contributed by atoms with E-state index in [1.807, 2.05) is 18.2 Å². The Balaban J connectivity index is 4.09. The minimum absolute atomic E-state index is 0.0628. The zero-order chi connectivity index (χ0) is 32.0. The summed E-state index contributed by atoms with van der Waals surface area (Å²) in [6.45, 7) is 1.51. The minimum Gasteiger partial charge on any atom is -0.457 e.